The number of thioether (sulfide) groups is 1. The molecule has 0 radical (unpaired) electrons. The molecular formula is C14H23NS2. The number of hydrogen-bond donors (Lipinski definition) is 1. The molecular weight excluding hydrogens is 246 g/mol. The summed E-state index contributed by atoms with van der Waals surface area (Å²) in [6.07, 6.45) is 7.02. The zero-order valence-electron chi connectivity index (χ0n) is 10.8. The van der Waals surface area contributed by atoms with Gasteiger partial charge in [0, 0.05) is 16.2 Å². The first kappa shape index (κ1) is 13.4. The number of nitrogens with two attached hydrogens (primary N) is 1. The van der Waals surface area contributed by atoms with Gasteiger partial charge in [0.1, 0.15) is 0 Å². The lowest BCUT2D eigenvalue weighted by atomic mass is 10.0. The smallest absolute Gasteiger partial charge is 0.0544 e. The first-order chi connectivity index (χ1) is 8.18. The molecule has 1 nitrogen and oxygen atoms in total. The minimum atomic E-state index is 0.249. The van der Waals surface area contributed by atoms with Crippen molar-refractivity contribution in [3.63, 3.8) is 0 Å². The minimum Gasteiger partial charge on any atom is -0.327 e. The Balaban J connectivity index is 2.05. The Morgan fingerprint density at radius 2 is 2.06 bits per heavy atom. The highest BCUT2D eigenvalue weighted by molar-refractivity contribution is 8.00. The monoisotopic (exact) mass is 269 g/mol. The van der Waals surface area contributed by atoms with Crippen molar-refractivity contribution in [3.05, 3.63) is 21.9 Å². The molecule has 2 atom stereocenters. The van der Waals surface area contributed by atoms with Gasteiger partial charge in [-0.05, 0) is 43.7 Å². The fraction of sp³-hybridized carbons (Fsp3) is 0.714. The Kier molecular flexibility index (Phi) is 4.95. The maximum atomic E-state index is 6.20. The average Bonchev–Trinajstić information content (AvgIpc) is 2.73. The predicted molar refractivity (Wildman–Crippen MR) is 79.9 cm³/mol. The lowest BCUT2D eigenvalue weighted by molar-refractivity contribution is 0.513. The third kappa shape index (κ3) is 3.49. The van der Waals surface area contributed by atoms with Gasteiger partial charge in [-0.15, -0.1) is 23.1 Å². The molecule has 96 valence electrons. The van der Waals surface area contributed by atoms with Crippen LogP contribution >= 0.6 is 23.1 Å². The Morgan fingerprint density at radius 1 is 1.35 bits per heavy atom. The summed E-state index contributed by atoms with van der Waals surface area (Å²) in [7, 11) is 0. The van der Waals surface area contributed by atoms with Crippen LogP contribution in [0.1, 0.15) is 54.7 Å². The van der Waals surface area contributed by atoms with Crippen LogP contribution in [0.5, 0.6) is 0 Å². The Hall–Kier alpha value is 0.01000. The fourth-order valence-electron chi connectivity index (χ4n) is 2.51. The van der Waals surface area contributed by atoms with Crippen molar-refractivity contribution in [2.24, 2.45) is 5.73 Å². The van der Waals surface area contributed by atoms with Gasteiger partial charge in [-0.1, -0.05) is 19.3 Å². The zero-order chi connectivity index (χ0) is 12.3. The first-order valence-corrected chi connectivity index (χ1v) is 8.45. The second kappa shape index (κ2) is 6.26. The van der Waals surface area contributed by atoms with Crippen molar-refractivity contribution in [1.29, 1.82) is 0 Å². The summed E-state index contributed by atoms with van der Waals surface area (Å²) in [6, 6.07) is 2.47. The number of rotatable bonds is 4. The maximum absolute atomic E-state index is 6.20. The summed E-state index contributed by atoms with van der Waals surface area (Å²) in [5.74, 6) is 0. The molecule has 0 aromatic carbocycles. The Labute approximate surface area is 113 Å². The molecule has 1 aliphatic rings. The molecule has 0 saturated heterocycles. The first-order valence-electron chi connectivity index (χ1n) is 6.63. The van der Waals surface area contributed by atoms with Crippen LogP contribution in [0.3, 0.4) is 0 Å². The summed E-state index contributed by atoms with van der Waals surface area (Å²) in [6.45, 7) is 4.36. The molecule has 0 spiro atoms. The van der Waals surface area contributed by atoms with E-state index >= 15 is 0 Å². The maximum Gasteiger partial charge on any atom is 0.0544 e. The molecule has 1 aromatic rings. The zero-order valence-corrected chi connectivity index (χ0v) is 12.4. The van der Waals surface area contributed by atoms with E-state index in [-0.39, 0.29) is 6.04 Å². The summed E-state index contributed by atoms with van der Waals surface area (Å²) in [4.78, 5) is 1.50. The van der Waals surface area contributed by atoms with Gasteiger partial charge in [-0.2, -0.15) is 0 Å². The predicted octanol–water partition coefficient (Wildman–Crippen LogP) is 4.51. The third-order valence-corrected chi connectivity index (χ3v) is 6.59. The van der Waals surface area contributed by atoms with Crippen LogP contribution in [0.2, 0.25) is 0 Å². The van der Waals surface area contributed by atoms with Gasteiger partial charge in [0.2, 0.25) is 0 Å². The molecule has 0 amide bonds. The summed E-state index contributed by atoms with van der Waals surface area (Å²) in [5.41, 5.74) is 7.62. The van der Waals surface area contributed by atoms with E-state index in [2.05, 4.69) is 37.1 Å². The lowest BCUT2D eigenvalue weighted by Gasteiger charge is -2.28. The van der Waals surface area contributed by atoms with E-state index in [0.717, 1.165) is 5.25 Å². The van der Waals surface area contributed by atoms with Crippen LogP contribution in [-0.4, -0.2) is 11.3 Å². The van der Waals surface area contributed by atoms with Crippen LogP contribution in [-0.2, 0) is 0 Å². The average molecular weight is 269 g/mol. The van der Waals surface area contributed by atoms with E-state index in [9.17, 15) is 0 Å². The molecule has 1 saturated carbocycles. The normalized spacial score (nSPS) is 21.4. The highest BCUT2D eigenvalue weighted by Gasteiger charge is 2.25. The molecule has 2 rings (SSSR count). The van der Waals surface area contributed by atoms with Gasteiger partial charge >= 0.3 is 0 Å². The van der Waals surface area contributed by atoms with Crippen LogP contribution in [0.4, 0.5) is 0 Å². The molecule has 17 heavy (non-hydrogen) atoms. The van der Waals surface area contributed by atoms with Gasteiger partial charge in [0.15, 0.2) is 0 Å². The minimum absolute atomic E-state index is 0.249. The highest BCUT2D eigenvalue weighted by atomic mass is 32.2. The van der Waals surface area contributed by atoms with E-state index in [0.29, 0.717) is 5.25 Å². The quantitative estimate of drug-likeness (QED) is 0.870. The van der Waals surface area contributed by atoms with Gasteiger partial charge < -0.3 is 5.73 Å². The number of hydrogen-bond acceptors (Lipinski definition) is 3. The summed E-state index contributed by atoms with van der Waals surface area (Å²) in [5, 5.41) is 3.53. The third-order valence-electron chi connectivity index (χ3n) is 3.53. The SMILES string of the molecule is Cc1ccsc1C(SC1CCCCC1)C(C)N. The van der Waals surface area contributed by atoms with Crippen molar-refractivity contribution < 1.29 is 0 Å². The Bertz CT molecular complexity index is 340. The molecule has 2 N–H and O–H groups in total. The molecule has 0 bridgehead atoms. The van der Waals surface area contributed by atoms with Crippen LogP contribution in [0.25, 0.3) is 0 Å². The highest BCUT2D eigenvalue weighted by Crippen LogP contribution is 2.42. The van der Waals surface area contributed by atoms with Gasteiger partial charge in [0.25, 0.3) is 0 Å². The molecule has 1 aliphatic carbocycles. The molecule has 1 heterocycles. The van der Waals surface area contributed by atoms with Crippen LogP contribution in [0.15, 0.2) is 11.4 Å². The molecule has 1 fully saturated rings. The number of aryl methyl sites for hydroxylation is 1. The van der Waals surface area contributed by atoms with Gasteiger partial charge in [0.05, 0.1) is 5.25 Å². The van der Waals surface area contributed by atoms with E-state index in [1.54, 1.807) is 0 Å². The van der Waals surface area contributed by atoms with E-state index in [1.165, 1.54) is 42.5 Å². The van der Waals surface area contributed by atoms with E-state index in [4.69, 9.17) is 5.73 Å². The van der Waals surface area contributed by atoms with E-state index < -0.39 is 0 Å². The summed E-state index contributed by atoms with van der Waals surface area (Å²) >= 11 is 4.00. The van der Waals surface area contributed by atoms with Gasteiger partial charge in [-0.25, -0.2) is 0 Å². The van der Waals surface area contributed by atoms with Gasteiger partial charge in [-0.3, -0.25) is 0 Å². The molecule has 1 aromatic heterocycles. The topological polar surface area (TPSA) is 26.0 Å². The second-order valence-corrected chi connectivity index (χ2v) is 7.54. The van der Waals surface area contributed by atoms with Crippen molar-refractivity contribution >= 4 is 23.1 Å². The van der Waals surface area contributed by atoms with Crippen molar-refractivity contribution in [3.8, 4) is 0 Å². The van der Waals surface area contributed by atoms with Crippen molar-refractivity contribution in [1.82, 2.24) is 0 Å². The van der Waals surface area contributed by atoms with Crippen LogP contribution < -0.4 is 5.73 Å². The molecule has 2 unspecified atom stereocenters. The fourth-order valence-corrected chi connectivity index (χ4v) is 5.44. The number of thiophene rings is 1. The van der Waals surface area contributed by atoms with Crippen molar-refractivity contribution in [2.45, 2.75) is 62.5 Å². The lowest BCUT2D eigenvalue weighted by Crippen LogP contribution is -2.25. The second-order valence-electron chi connectivity index (χ2n) is 5.14. The van der Waals surface area contributed by atoms with Crippen LogP contribution in [0, 0.1) is 6.92 Å². The molecule has 0 aliphatic heterocycles. The summed E-state index contributed by atoms with van der Waals surface area (Å²) < 4.78 is 0. The van der Waals surface area contributed by atoms with Crippen molar-refractivity contribution in [2.75, 3.05) is 0 Å². The van der Waals surface area contributed by atoms with E-state index in [1.807, 2.05) is 11.3 Å². The standard InChI is InChI=1S/C14H23NS2/c1-10-8-9-16-13(10)14(11(2)15)17-12-6-4-3-5-7-12/h8-9,11-12,14H,3-7,15H2,1-2H3. The largest absolute Gasteiger partial charge is 0.327 e. The molecule has 3 heteroatoms. The Morgan fingerprint density at radius 3 is 2.59 bits per heavy atom.